The molecule has 44 heavy (non-hydrogen) atoms. The maximum Gasteiger partial charge on any atom is 0.264 e. The molecule has 1 atom stereocenters. The second kappa shape index (κ2) is 14.1. The standard InChI is InChI=1S/C34H36BrN3O5S/c1-25(33(40)36-34(2,3)4)37(23-26-15-17-27(35)18-16-26)32(39)24-38(44(41,42)31-13-9-6-10-14-31)28-19-21-30(22-20-28)43-29-11-7-5-8-12-29/h5-22,25H,23-24H2,1-4H3,(H,36,40)/t25-/m1/s1. The molecule has 0 heterocycles. The predicted octanol–water partition coefficient (Wildman–Crippen LogP) is 6.77. The molecule has 0 saturated carbocycles. The van der Waals surface area contributed by atoms with E-state index in [2.05, 4.69) is 21.2 Å². The van der Waals surface area contributed by atoms with Gasteiger partial charge in [-0.05, 0) is 93.9 Å². The highest BCUT2D eigenvalue weighted by molar-refractivity contribution is 9.10. The lowest BCUT2D eigenvalue weighted by molar-refractivity contribution is -0.140. The molecule has 4 aromatic rings. The number of halogens is 1. The second-order valence-electron chi connectivity index (χ2n) is 11.3. The summed E-state index contributed by atoms with van der Waals surface area (Å²) in [5.41, 5.74) is 0.541. The van der Waals surface area contributed by atoms with Gasteiger partial charge in [0.15, 0.2) is 0 Å². The van der Waals surface area contributed by atoms with E-state index in [-0.39, 0.29) is 23.0 Å². The number of rotatable bonds is 11. The summed E-state index contributed by atoms with van der Waals surface area (Å²) >= 11 is 3.42. The summed E-state index contributed by atoms with van der Waals surface area (Å²) < 4.78 is 35.8. The summed E-state index contributed by atoms with van der Waals surface area (Å²) in [6.45, 7) is 6.80. The molecular weight excluding hydrogens is 642 g/mol. The van der Waals surface area contributed by atoms with Crippen LogP contribution in [0.25, 0.3) is 0 Å². The van der Waals surface area contributed by atoms with Crippen LogP contribution in [0.3, 0.4) is 0 Å². The van der Waals surface area contributed by atoms with E-state index in [1.807, 2.05) is 75.4 Å². The smallest absolute Gasteiger partial charge is 0.264 e. The first kappa shape index (κ1) is 32.8. The first-order valence-electron chi connectivity index (χ1n) is 14.1. The predicted molar refractivity (Wildman–Crippen MR) is 176 cm³/mol. The monoisotopic (exact) mass is 677 g/mol. The van der Waals surface area contributed by atoms with Crippen molar-refractivity contribution in [3.8, 4) is 11.5 Å². The molecule has 2 amide bonds. The fourth-order valence-electron chi connectivity index (χ4n) is 4.40. The lowest BCUT2D eigenvalue weighted by Crippen LogP contribution is -2.54. The van der Waals surface area contributed by atoms with E-state index < -0.39 is 34.1 Å². The minimum atomic E-state index is -4.17. The Morgan fingerprint density at radius 1 is 0.818 bits per heavy atom. The zero-order chi connectivity index (χ0) is 31.9. The van der Waals surface area contributed by atoms with Gasteiger partial charge < -0.3 is 15.0 Å². The van der Waals surface area contributed by atoms with E-state index in [4.69, 9.17) is 4.74 Å². The Morgan fingerprint density at radius 2 is 1.36 bits per heavy atom. The fraction of sp³-hybridized carbons (Fsp3) is 0.235. The molecule has 0 saturated heterocycles. The third kappa shape index (κ3) is 8.70. The minimum absolute atomic E-state index is 0.0374. The van der Waals surface area contributed by atoms with Gasteiger partial charge in [-0.3, -0.25) is 13.9 Å². The van der Waals surface area contributed by atoms with Gasteiger partial charge in [-0.15, -0.1) is 0 Å². The SMILES string of the molecule is C[C@H](C(=O)NC(C)(C)C)N(Cc1ccc(Br)cc1)C(=O)CN(c1ccc(Oc2ccccc2)cc1)S(=O)(=O)c1ccccc1. The van der Waals surface area contributed by atoms with Gasteiger partial charge in [-0.2, -0.15) is 0 Å². The fourth-order valence-corrected chi connectivity index (χ4v) is 6.10. The lowest BCUT2D eigenvalue weighted by Gasteiger charge is -2.33. The van der Waals surface area contributed by atoms with Crippen molar-refractivity contribution in [3.63, 3.8) is 0 Å². The van der Waals surface area contributed by atoms with Crippen molar-refractivity contribution in [1.82, 2.24) is 10.2 Å². The number of benzene rings is 4. The van der Waals surface area contributed by atoms with Gasteiger partial charge in [0.25, 0.3) is 10.0 Å². The third-order valence-electron chi connectivity index (χ3n) is 6.65. The molecular formula is C34H36BrN3O5S. The Morgan fingerprint density at radius 3 is 1.93 bits per heavy atom. The number of hydrogen-bond acceptors (Lipinski definition) is 5. The average Bonchev–Trinajstić information content (AvgIpc) is 2.99. The molecule has 0 unspecified atom stereocenters. The Bertz CT molecular complexity index is 1660. The van der Waals surface area contributed by atoms with E-state index in [1.165, 1.54) is 17.0 Å². The molecule has 0 aliphatic carbocycles. The Balaban J connectivity index is 1.69. The Labute approximate surface area is 267 Å². The highest BCUT2D eigenvalue weighted by atomic mass is 79.9. The van der Waals surface area contributed by atoms with Crippen LogP contribution in [0.2, 0.25) is 0 Å². The van der Waals surface area contributed by atoms with Gasteiger partial charge in [0.1, 0.15) is 24.1 Å². The normalized spacial score (nSPS) is 12.2. The largest absolute Gasteiger partial charge is 0.457 e. The van der Waals surface area contributed by atoms with Gasteiger partial charge in [-0.1, -0.05) is 64.5 Å². The van der Waals surface area contributed by atoms with Crippen molar-refractivity contribution in [2.45, 2.75) is 50.7 Å². The molecule has 0 bridgehead atoms. The maximum atomic E-state index is 14.1. The molecule has 0 aliphatic heterocycles. The molecule has 4 rings (SSSR count). The van der Waals surface area contributed by atoms with Crippen LogP contribution in [0, 0.1) is 0 Å². The molecule has 1 N–H and O–H groups in total. The van der Waals surface area contributed by atoms with Crippen LogP contribution < -0.4 is 14.4 Å². The first-order valence-corrected chi connectivity index (χ1v) is 16.3. The van der Waals surface area contributed by atoms with Crippen molar-refractivity contribution >= 4 is 43.5 Å². The number of para-hydroxylation sites is 1. The molecule has 8 nitrogen and oxygen atoms in total. The van der Waals surface area contributed by atoms with Crippen molar-refractivity contribution < 1.29 is 22.7 Å². The van der Waals surface area contributed by atoms with Gasteiger partial charge in [0.05, 0.1) is 10.6 Å². The van der Waals surface area contributed by atoms with Gasteiger partial charge in [0, 0.05) is 16.6 Å². The van der Waals surface area contributed by atoms with Crippen molar-refractivity contribution in [2.24, 2.45) is 0 Å². The zero-order valence-corrected chi connectivity index (χ0v) is 27.5. The van der Waals surface area contributed by atoms with Gasteiger partial charge >= 0.3 is 0 Å². The van der Waals surface area contributed by atoms with Crippen LogP contribution in [-0.4, -0.2) is 43.3 Å². The number of ether oxygens (including phenoxy) is 1. The molecule has 0 radical (unpaired) electrons. The first-order chi connectivity index (χ1) is 20.8. The Hall–Kier alpha value is -4.15. The highest BCUT2D eigenvalue weighted by Crippen LogP contribution is 2.28. The molecule has 230 valence electrons. The number of anilines is 1. The molecule has 10 heteroatoms. The topological polar surface area (TPSA) is 96.0 Å². The summed E-state index contributed by atoms with van der Waals surface area (Å²) in [7, 11) is -4.17. The van der Waals surface area contributed by atoms with Crippen LogP contribution in [0.1, 0.15) is 33.3 Å². The van der Waals surface area contributed by atoms with Crippen molar-refractivity contribution in [2.75, 3.05) is 10.8 Å². The van der Waals surface area contributed by atoms with Crippen molar-refractivity contribution in [3.05, 3.63) is 119 Å². The van der Waals surface area contributed by atoms with E-state index in [0.29, 0.717) is 11.5 Å². The molecule has 0 spiro atoms. The van der Waals surface area contributed by atoms with Crippen LogP contribution in [0.15, 0.2) is 119 Å². The number of sulfonamides is 1. The number of carbonyl (C=O) groups excluding carboxylic acids is 2. The molecule has 0 fully saturated rings. The maximum absolute atomic E-state index is 14.1. The van der Waals surface area contributed by atoms with Crippen LogP contribution in [-0.2, 0) is 26.2 Å². The lowest BCUT2D eigenvalue weighted by atomic mass is 10.1. The zero-order valence-electron chi connectivity index (χ0n) is 25.1. The summed E-state index contributed by atoms with van der Waals surface area (Å²) in [6.07, 6.45) is 0. The van der Waals surface area contributed by atoms with Gasteiger partial charge in [0.2, 0.25) is 11.8 Å². The van der Waals surface area contributed by atoms with E-state index in [1.54, 1.807) is 49.4 Å². The number of carbonyl (C=O) groups is 2. The van der Waals surface area contributed by atoms with Crippen LogP contribution >= 0.6 is 15.9 Å². The van der Waals surface area contributed by atoms with Gasteiger partial charge in [-0.25, -0.2) is 8.42 Å². The van der Waals surface area contributed by atoms with Crippen molar-refractivity contribution in [1.29, 1.82) is 0 Å². The summed E-state index contributed by atoms with van der Waals surface area (Å²) in [5.74, 6) is 0.263. The third-order valence-corrected chi connectivity index (χ3v) is 8.96. The summed E-state index contributed by atoms with van der Waals surface area (Å²) in [4.78, 5) is 28.8. The van der Waals surface area contributed by atoms with Crippen LogP contribution in [0.4, 0.5) is 5.69 Å². The number of hydrogen-bond donors (Lipinski definition) is 1. The van der Waals surface area contributed by atoms with E-state index in [9.17, 15) is 18.0 Å². The quantitative estimate of drug-likeness (QED) is 0.189. The Kier molecular flexibility index (Phi) is 10.5. The number of nitrogens with one attached hydrogen (secondary N) is 1. The summed E-state index contributed by atoms with van der Waals surface area (Å²) in [5, 5.41) is 2.93. The highest BCUT2D eigenvalue weighted by Gasteiger charge is 2.33. The number of amides is 2. The van der Waals surface area contributed by atoms with E-state index in [0.717, 1.165) is 14.3 Å². The second-order valence-corrected chi connectivity index (χ2v) is 14.1. The molecule has 0 aliphatic rings. The molecule has 0 aromatic heterocycles. The minimum Gasteiger partial charge on any atom is -0.457 e. The number of nitrogens with zero attached hydrogens (tertiary/aromatic N) is 2. The average molecular weight is 679 g/mol. The molecule has 4 aromatic carbocycles. The van der Waals surface area contributed by atoms with Crippen LogP contribution in [0.5, 0.6) is 11.5 Å². The summed E-state index contributed by atoms with van der Waals surface area (Å²) in [6, 6.07) is 30.2. The van der Waals surface area contributed by atoms with E-state index >= 15 is 0 Å².